The Bertz CT molecular complexity index is 564. The zero-order chi connectivity index (χ0) is 17.6. The van der Waals surface area contributed by atoms with Crippen LogP contribution in [-0.2, 0) is 4.74 Å². The molecule has 1 aromatic rings. The number of carbonyl (C=O) groups excluding carboxylic acids is 2. The van der Waals surface area contributed by atoms with Crippen molar-refractivity contribution in [3.05, 3.63) is 35.4 Å². The van der Waals surface area contributed by atoms with Gasteiger partial charge in [-0.15, -0.1) is 12.4 Å². The summed E-state index contributed by atoms with van der Waals surface area (Å²) in [4.78, 5) is 25.8. The standard InChI is InChI=1S/C18H27N3O3.ClH/c1-21(2)17(23)15-6-4-14(5-7-15)16(22)20-12-18(13-24-3)8-10-19-11-9-18;/h4-7,19H,8-13H2,1-3H3,(H,20,22);1H. The monoisotopic (exact) mass is 369 g/mol. The first-order chi connectivity index (χ1) is 11.5. The summed E-state index contributed by atoms with van der Waals surface area (Å²) < 4.78 is 5.37. The Hall–Kier alpha value is -1.63. The van der Waals surface area contributed by atoms with E-state index in [1.807, 2.05) is 0 Å². The van der Waals surface area contributed by atoms with Crippen LogP contribution in [0.1, 0.15) is 33.6 Å². The summed E-state index contributed by atoms with van der Waals surface area (Å²) in [7, 11) is 5.11. The number of benzene rings is 1. The molecule has 0 bridgehead atoms. The number of amides is 2. The van der Waals surface area contributed by atoms with E-state index in [0.717, 1.165) is 25.9 Å². The summed E-state index contributed by atoms with van der Waals surface area (Å²) in [5, 5.41) is 6.36. The minimum Gasteiger partial charge on any atom is -0.384 e. The molecule has 1 aliphatic heterocycles. The molecular formula is C18H28ClN3O3. The molecule has 0 saturated carbocycles. The van der Waals surface area contributed by atoms with Crippen molar-refractivity contribution in [3.8, 4) is 0 Å². The molecule has 1 saturated heterocycles. The fourth-order valence-electron chi connectivity index (χ4n) is 3.03. The first-order valence-corrected chi connectivity index (χ1v) is 8.27. The largest absolute Gasteiger partial charge is 0.384 e. The van der Waals surface area contributed by atoms with Gasteiger partial charge in [-0.2, -0.15) is 0 Å². The van der Waals surface area contributed by atoms with Gasteiger partial charge < -0.3 is 20.3 Å². The van der Waals surface area contributed by atoms with Gasteiger partial charge in [0.25, 0.3) is 11.8 Å². The molecule has 1 aromatic carbocycles. The molecule has 0 aliphatic carbocycles. The molecule has 2 amide bonds. The summed E-state index contributed by atoms with van der Waals surface area (Å²) in [6, 6.07) is 6.76. The van der Waals surface area contributed by atoms with E-state index in [9.17, 15) is 9.59 Å². The predicted molar refractivity (Wildman–Crippen MR) is 100 cm³/mol. The lowest BCUT2D eigenvalue weighted by molar-refractivity contribution is 0.0511. The first kappa shape index (κ1) is 21.4. The van der Waals surface area contributed by atoms with Crippen LogP contribution in [0.2, 0.25) is 0 Å². The number of halogens is 1. The maximum atomic E-state index is 12.4. The van der Waals surface area contributed by atoms with E-state index in [2.05, 4.69) is 10.6 Å². The molecule has 0 radical (unpaired) electrons. The maximum absolute atomic E-state index is 12.4. The second-order valence-corrected chi connectivity index (χ2v) is 6.64. The lowest BCUT2D eigenvalue weighted by Crippen LogP contribution is -2.47. The molecule has 2 N–H and O–H groups in total. The van der Waals surface area contributed by atoms with E-state index >= 15 is 0 Å². The van der Waals surface area contributed by atoms with Crippen LogP contribution in [0.5, 0.6) is 0 Å². The van der Waals surface area contributed by atoms with Crippen LogP contribution in [0.4, 0.5) is 0 Å². The predicted octanol–water partition coefficient (Wildman–Crippen LogP) is 1.56. The van der Waals surface area contributed by atoms with Crippen molar-refractivity contribution >= 4 is 24.2 Å². The number of hydrogen-bond donors (Lipinski definition) is 2. The van der Waals surface area contributed by atoms with Crippen molar-refractivity contribution < 1.29 is 14.3 Å². The van der Waals surface area contributed by atoms with Gasteiger partial charge in [-0.25, -0.2) is 0 Å². The van der Waals surface area contributed by atoms with E-state index < -0.39 is 0 Å². The minimum absolute atomic E-state index is 0. The highest BCUT2D eigenvalue weighted by molar-refractivity contribution is 5.97. The van der Waals surface area contributed by atoms with E-state index in [0.29, 0.717) is 24.3 Å². The van der Waals surface area contributed by atoms with Crippen LogP contribution < -0.4 is 10.6 Å². The molecule has 0 spiro atoms. The summed E-state index contributed by atoms with van der Waals surface area (Å²) in [6.45, 7) is 3.13. The van der Waals surface area contributed by atoms with E-state index in [4.69, 9.17) is 4.74 Å². The van der Waals surface area contributed by atoms with Crippen molar-refractivity contribution in [3.63, 3.8) is 0 Å². The minimum atomic E-state index is -0.118. The number of nitrogens with one attached hydrogen (secondary N) is 2. The average Bonchev–Trinajstić information content (AvgIpc) is 2.60. The molecule has 25 heavy (non-hydrogen) atoms. The summed E-state index contributed by atoms with van der Waals surface area (Å²) in [5.74, 6) is -0.191. The summed E-state index contributed by atoms with van der Waals surface area (Å²) in [5.41, 5.74) is 1.13. The molecule has 7 heteroatoms. The molecule has 140 valence electrons. The molecule has 0 aromatic heterocycles. The Morgan fingerprint density at radius 1 is 1.16 bits per heavy atom. The van der Waals surface area contributed by atoms with Gasteiger partial charge in [-0.1, -0.05) is 0 Å². The summed E-state index contributed by atoms with van der Waals surface area (Å²) in [6.07, 6.45) is 1.97. The van der Waals surface area contributed by atoms with Gasteiger partial charge in [0, 0.05) is 44.3 Å². The highest BCUT2D eigenvalue weighted by Crippen LogP contribution is 2.28. The topological polar surface area (TPSA) is 70.7 Å². The van der Waals surface area contributed by atoms with Crippen LogP contribution >= 0.6 is 12.4 Å². The van der Waals surface area contributed by atoms with Gasteiger partial charge in [-0.05, 0) is 50.2 Å². The second-order valence-electron chi connectivity index (χ2n) is 6.64. The highest BCUT2D eigenvalue weighted by Gasteiger charge is 2.32. The fraction of sp³-hybridized carbons (Fsp3) is 0.556. The molecular weight excluding hydrogens is 342 g/mol. The van der Waals surface area contributed by atoms with Crippen molar-refractivity contribution in [2.75, 3.05) is 47.4 Å². The van der Waals surface area contributed by atoms with Crippen LogP contribution in [-0.4, -0.2) is 64.2 Å². The molecule has 0 unspecified atom stereocenters. The van der Waals surface area contributed by atoms with Crippen LogP contribution in [0.25, 0.3) is 0 Å². The van der Waals surface area contributed by atoms with Gasteiger partial charge in [0.2, 0.25) is 0 Å². The molecule has 1 fully saturated rings. The SMILES string of the molecule is COCC1(CNC(=O)c2ccc(C(=O)N(C)C)cc2)CCNCC1.Cl. The number of ether oxygens (including phenoxy) is 1. The highest BCUT2D eigenvalue weighted by atomic mass is 35.5. The Kier molecular flexibility index (Phi) is 8.35. The number of hydrogen-bond acceptors (Lipinski definition) is 4. The van der Waals surface area contributed by atoms with Crippen molar-refractivity contribution in [2.24, 2.45) is 5.41 Å². The lowest BCUT2D eigenvalue weighted by atomic mass is 9.79. The Balaban J connectivity index is 0.00000312. The maximum Gasteiger partial charge on any atom is 0.253 e. The molecule has 1 aliphatic rings. The quantitative estimate of drug-likeness (QED) is 0.798. The lowest BCUT2D eigenvalue weighted by Gasteiger charge is -2.37. The van der Waals surface area contributed by atoms with E-state index in [1.54, 1.807) is 45.5 Å². The van der Waals surface area contributed by atoms with Crippen LogP contribution in [0.15, 0.2) is 24.3 Å². The van der Waals surface area contributed by atoms with E-state index in [-0.39, 0.29) is 29.6 Å². The third-order valence-corrected chi connectivity index (χ3v) is 4.54. The summed E-state index contributed by atoms with van der Waals surface area (Å²) >= 11 is 0. The first-order valence-electron chi connectivity index (χ1n) is 8.27. The second kappa shape index (κ2) is 9.75. The van der Waals surface area contributed by atoms with Crippen molar-refractivity contribution in [1.82, 2.24) is 15.5 Å². The van der Waals surface area contributed by atoms with Crippen LogP contribution in [0, 0.1) is 5.41 Å². The molecule has 6 nitrogen and oxygen atoms in total. The van der Waals surface area contributed by atoms with Gasteiger partial charge in [0.05, 0.1) is 6.61 Å². The normalized spacial score (nSPS) is 15.8. The third kappa shape index (κ3) is 5.70. The number of rotatable bonds is 6. The van der Waals surface area contributed by atoms with Gasteiger partial charge in [0.15, 0.2) is 0 Å². The number of piperidine rings is 1. The van der Waals surface area contributed by atoms with Crippen LogP contribution in [0.3, 0.4) is 0 Å². The van der Waals surface area contributed by atoms with E-state index in [1.165, 1.54) is 4.90 Å². The molecule has 0 atom stereocenters. The van der Waals surface area contributed by atoms with Gasteiger partial charge >= 0.3 is 0 Å². The Morgan fingerprint density at radius 3 is 2.24 bits per heavy atom. The molecule has 2 rings (SSSR count). The van der Waals surface area contributed by atoms with Crippen molar-refractivity contribution in [1.29, 1.82) is 0 Å². The average molecular weight is 370 g/mol. The Labute approximate surface area is 155 Å². The number of nitrogens with zero attached hydrogens (tertiary/aromatic N) is 1. The smallest absolute Gasteiger partial charge is 0.253 e. The third-order valence-electron chi connectivity index (χ3n) is 4.54. The molecule has 1 heterocycles. The zero-order valence-corrected chi connectivity index (χ0v) is 15.9. The van der Waals surface area contributed by atoms with Crippen molar-refractivity contribution in [2.45, 2.75) is 12.8 Å². The fourth-order valence-corrected chi connectivity index (χ4v) is 3.03. The van der Waals surface area contributed by atoms with Gasteiger partial charge in [-0.3, -0.25) is 9.59 Å². The zero-order valence-electron chi connectivity index (χ0n) is 15.1. The number of carbonyl (C=O) groups is 2. The number of methoxy groups -OCH3 is 1. The Morgan fingerprint density at radius 2 is 1.72 bits per heavy atom. The van der Waals surface area contributed by atoms with Gasteiger partial charge in [0.1, 0.15) is 0 Å².